The molecule has 3 N–H and O–H groups in total. The van der Waals surface area contributed by atoms with E-state index in [2.05, 4.69) is 10.3 Å². The zero-order chi connectivity index (χ0) is 16.9. The molecule has 0 fully saturated rings. The highest BCUT2D eigenvalue weighted by Crippen LogP contribution is 2.16. The number of aliphatic hydroxyl groups excluding tert-OH is 1. The van der Waals surface area contributed by atoms with Gasteiger partial charge in [0.05, 0.1) is 0 Å². The Hall–Kier alpha value is -2.79. The van der Waals surface area contributed by atoms with Crippen molar-refractivity contribution in [1.29, 1.82) is 0 Å². The molecule has 0 aliphatic heterocycles. The van der Waals surface area contributed by atoms with Crippen LogP contribution in [-0.2, 0) is 0 Å². The molecular weight excluding hydrogens is 304 g/mol. The van der Waals surface area contributed by atoms with Gasteiger partial charge in [-0.3, -0.25) is 4.79 Å². The Bertz CT molecular complexity index is 841. The number of aromatic amines is 1. The molecule has 5 nitrogen and oxygen atoms in total. The van der Waals surface area contributed by atoms with E-state index >= 15 is 0 Å². The van der Waals surface area contributed by atoms with Crippen LogP contribution < -0.4 is 10.1 Å². The minimum absolute atomic E-state index is 0.126. The van der Waals surface area contributed by atoms with Crippen molar-refractivity contribution in [3.8, 4) is 5.75 Å². The summed E-state index contributed by atoms with van der Waals surface area (Å²) in [5.74, 6) is 0.515. The number of amides is 1. The van der Waals surface area contributed by atoms with Gasteiger partial charge in [0.2, 0.25) is 0 Å². The first-order chi connectivity index (χ1) is 11.6. The third kappa shape index (κ3) is 3.75. The summed E-state index contributed by atoms with van der Waals surface area (Å²) in [6, 6.07) is 15.0. The zero-order valence-corrected chi connectivity index (χ0v) is 13.5. The first kappa shape index (κ1) is 16.1. The van der Waals surface area contributed by atoms with E-state index in [1.807, 2.05) is 49.5 Å². The maximum absolute atomic E-state index is 12.2. The average molecular weight is 324 g/mol. The van der Waals surface area contributed by atoms with E-state index in [0.29, 0.717) is 5.56 Å². The second kappa shape index (κ2) is 7.19. The summed E-state index contributed by atoms with van der Waals surface area (Å²) in [5, 5.41) is 13.8. The molecule has 1 heterocycles. The first-order valence-electron chi connectivity index (χ1n) is 7.85. The second-order valence-corrected chi connectivity index (χ2v) is 5.72. The molecule has 124 valence electrons. The highest BCUT2D eigenvalue weighted by molar-refractivity contribution is 5.97. The number of aryl methyl sites for hydroxylation is 1. The Morgan fingerprint density at radius 1 is 1.25 bits per heavy atom. The van der Waals surface area contributed by atoms with E-state index in [4.69, 9.17) is 4.74 Å². The van der Waals surface area contributed by atoms with Gasteiger partial charge in [-0.1, -0.05) is 24.3 Å². The van der Waals surface area contributed by atoms with Crippen molar-refractivity contribution in [2.24, 2.45) is 0 Å². The number of hydrogen-bond acceptors (Lipinski definition) is 3. The van der Waals surface area contributed by atoms with E-state index in [9.17, 15) is 9.90 Å². The summed E-state index contributed by atoms with van der Waals surface area (Å²) in [5.41, 5.74) is 2.47. The Kier molecular flexibility index (Phi) is 4.82. The minimum Gasteiger partial charge on any atom is -0.491 e. The summed E-state index contributed by atoms with van der Waals surface area (Å²) in [6.45, 7) is 2.20. The smallest absolute Gasteiger partial charge is 0.251 e. The number of ether oxygens (including phenoxy) is 1. The molecular formula is C19H20N2O3. The predicted octanol–water partition coefficient (Wildman–Crippen LogP) is 2.65. The van der Waals surface area contributed by atoms with Crippen LogP contribution in [-0.4, -0.2) is 35.3 Å². The van der Waals surface area contributed by atoms with E-state index in [-0.39, 0.29) is 19.1 Å². The molecule has 1 amide bonds. The highest BCUT2D eigenvalue weighted by atomic mass is 16.5. The van der Waals surface area contributed by atoms with Gasteiger partial charge in [0.15, 0.2) is 0 Å². The molecule has 3 rings (SSSR count). The molecule has 0 aliphatic carbocycles. The fourth-order valence-corrected chi connectivity index (χ4v) is 2.46. The van der Waals surface area contributed by atoms with Gasteiger partial charge < -0.3 is 20.1 Å². The van der Waals surface area contributed by atoms with Crippen LogP contribution in [0.1, 0.15) is 15.9 Å². The third-order valence-electron chi connectivity index (χ3n) is 3.84. The molecule has 0 spiro atoms. The number of aliphatic hydroxyl groups is 1. The molecule has 3 aromatic rings. The Balaban J connectivity index is 1.51. The van der Waals surface area contributed by atoms with Gasteiger partial charge in [0.25, 0.3) is 5.91 Å². The number of H-pyrrole nitrogens is 1. The van der Waals surface area contributed by atoms with Gasteiger partial charge in [0.1, 0.15) is 18.5 Å². The van der Waals surface area contributed by atoms with Crippen molar-refractivity contribution in [2.75, 3.05) is 13.2 Å². The predicted molar refractivity (Wildman–Crippen MR) is 93.3 cm³/mol. The van der Waals surface area contributed by atoms with Gasteiger partial charge >= 0.3 is 0 Å². The Labute approximate surface area is 140 Å². The molecule has 0 aliphatic rings. The van der Waals surface area contributed by atoms with Gasteiger partial charge in [-0.2, -0.15) is 0 Å². The van der Waals surface area contributed by atoms with E-state index in [1.54, 1.807) is 12.1 Å². The number of hydrogen-bond donors (Lipinski definition) is 3. The number of benzene rings is 2. The Morgan fingerprint density at radius 2 is 2.08 bits per heavy atom. The summed E-state index contributed by atoms with van der Waals surface area (Å²) >= 11 is 0. The Morgan fingerprint density at radius 3 is 2.92 bits per heavy atom. The molecule has 0 bridgehead atoms. The lowest BCUT2D eigenvalue weighted by molar-refractivity contribution is 0.0843. The fourth-order valence-electron chi connectivity index (χ4n) is 2.46. The number of aromatic nitrogens is 1. The highest BCUT2D eigenvalue weighted by Gasteiger charge is 2.11. The second-order valence-electron chi connectivity index (χ2n) is 5.72. The molecule has 2 aromatic carbocycles. The van der Waals surface area contributed by atoms with Crippen LogP contribution in [0, 0.1) is 6.92 Å². The SMILES string of the molecule is Cc1ccccc1OCC(O)CNC(=O)c1ccc2cc[nH]c2c1. The largest absolute Gasteiger partial charge is 0.491 e. The zero-order valence-electron chi connectivity index (χ0n) is 13.5. The van der Waals surface area contributed by atoms with Crippen LogP contribution >= 0.6 is 0 Å². The van der Waals surface area contributed by atoms with Gasteiger partial charge in [-0.05, 0) is 42.1 Å². The van der Waals surface area contributed by atoms with Crippen molar-refractivity contribution < 1.29 is 14.6 Å². The monoisotopic (exact) mass is 324 g/mol. The van der Waals surface area contributed by atoms with E-state index in [1.165, 1.54) is 0 Å². The average Bonchev–Trinajstić information content (AvgIpc) is 3.06. The molecule has 24 heavy (non-hydrogen) atoms. The first-order valence-corrected chi connectivity index (χ1v) is 7.85. The maximum Gasteiger partial charge on any atom is 0.251 e. The topological polar surface area (TPSA) is 74.3 Å². The number of carbonyl (C=O) groups excluding carboxylic acids is 1. The normalized spacial score (nSPS) is 12.1. The lowest BCUT2D eigenvalue weighted by atomic mass is 10.1. The molecule has 5 heteroatoms. The van der Waals surface area contributed by atoms with Crippen molar-refractivity contribution in [3.63, 3.8) is 0 Å². The maximum atomic E-state index is 12.2. The quantitative estimate of drug-likeness (QED) is 0.652. The summed E-state index contributed by atoms with van der Waals surface area (Å²) in [4.78, 5) is 15.2. The molecule has 1 unspecified atom stereocenters. The summed E-state index contributed by atoms with van der Waals surface area (Å²) in [7, 11) is 0. The minimum atomic E-state index is -0.775. The number of para-hydroxylation sites is 1. The standard InChI is InChI=1S/C19H20N2O3/c1-13-4-2-3-5-18(13)24-12-16(22)11-21-19(23)15-7-6-14-8-9-20-17(14)10-15/h2-10,16,20,22H,11-12H2,1H3,(H,21,23). The summed E-state index contributed by atoms with van der Waals surface area (Å²) < 4.78 is 5.58. The number of carbonyl (C=O) groups is 1. The van der Waals surface area contributed by atoms with E-state index in [0.717, 1.165) is 22.2 Å². The summed E-state index contributed by atoms with van der Waals surface area (Å²) in [6.07, 6.45) is 1.06. The van der Waals surface area contributed by atoms with Crippen LogP contribution in [0.4, 0.5) is 0 Å². The molecule has 0 saturated heterocycles. The van der Waals surface area contributed by atoms with Crippen LogP contribution in [0.25, 0.3) is 10.9 Å². The van der Waals surface area contributed by atoms with Crippen molar-refractivity contribution >= 4 is 16.8 Å². The molecule has 0 saturated carbocycles. The van der Waals surface area contributed by atoms with Crippen molar-refractivity contribution in [3.05, 3.63) is 65.9 Å². The van der Waals surface area contributed by atoms with E-state index < -0.39 is 6.10 Å². The molecule has 1 aromatic heterocycles. The van der Waals surface area contributed by atoms with Crippen LogP contribution in [0.5, 0.6) is 5.75 Å². The van der Waals surface area contributed by atoms with Gasteiger partial charge in [0, 0.05) is 23.8 Å². The van der Waals surface area contributed by atoms with Crippen molar-refractivity contribution in [1.82, 2.24) is 10.3 Å². The van der Waals surface area contributed by atoms with Crippen LogP contribution in [0.2, 0.25) is 0 Å². The van der Waals surface area contributed by atoms with Crippen molar-refractivity contribution in [2.45, 2.75) is 13.0 Å². The molecule has 0 radical (unpaired) electrons. The number of fused-ring (bicyclic) bond motifs is 1. The van der Waals surface area contributed by atoms with Gasteiger partial charge in [-0.15, -0.1) is 0 Å². The van der Waals surface area contributed by atoms with Crippen LogP contribution in [0.3, 0.4) is 0 Å². The third-order valence-corrected chi connectivity index (χ3v) is 3.84. The lowest BCUT2D eigenvalue weighted by Gasteiger charge is -2.14. The number of rotatable bonds is 6. The number of nitrogens with one attached hydrogen (secondary N) is 2. The molecule has 1 atom stereocenters. The fraction of sp³-hybridized carbons (Fsp3) is 0.211. The van der Waals surface area contributed by atoms with Gasteiger partial charge in [-0.25, -0.2) is 0 Å². The lowest BCUT2D eigenvalue weighted by Crippen LogP contribution is -2.35. The van der Waals surface area contributed by atoms with Crippen LogP contribution in [0.15, 0.2) is 54.7 Å².